The first kappa shape index (κ1) is 13.8. The Morgan fingerprint density at radius 2 is 2.17 bits per heavy atom. The van der Waals surface area contributed by atoms with Gasteiger partial charge < -0.3 is 4.74 Å². The molecule has 1 aromatic carbocycles. The van der Waals surface area contributed by atoms with Gasteiger partial charge in [0.1, 0.15) is 4.90 Å². The van der Waals surface area contributed by atoms with Crippen molar-refractivity contribution in [2.24, 2.45) is 0 Å². The Hall–Kier alpha value is -0.620. The number of hydrogen-bond donors (Lipinski definition) is 1. The standard InChI is InChI=1S/C12H16ClNO3S/c1-9(11-6-4-8-17-11)14-18(15,16)12-7-3-2-5-10(12)13/h2-3,5,7,9,11,14H,4,6,8H2,1H3/t9-,11+/m1/s1. The highest BCUT2D eigenvalue weighted by Crippen LogP contribution is 2.22. The van der Waals surface area contributed by atoms with E-state index in [9.17, 15) is 8.42 Å². The van der Waals surface area contributed by atoms with E-state index in [4.69, 9.17) is 16.3 Å². The molecule has 4 nitrogen and oxygen atoms in total. The minimum absolute atomic E-state index is 0.0535. The van der Waals surface area contributed by atoms with Gasteiger partial charge in [-0.05, 0) is 31.9 Å². The van der Waals surface area contributed by atoms with Gasteiger partial charge in [-0.25, -0.2) is 13.1 Å². The Labute approximate surface area is 112 Å². The van der Waals surface area contributed by atoms with Gasteiger partial charge in [0.2, 0.25) is 10.0 Å². The van der Waals surface area contributed by atoms with E-state index in [0.29, 0.717) is 6.61 Å². The smallest absolute Gasteiger partial charge is 0.242 e. The number of nitrogens with one attached hydrogen (secondary N) is 1. The minimum Gasteiger partial charge on any atom is -0.377 e. The van der Waals surface area contributed by atoms with E-state index in [2.05, 4.69) is 4.72 Å². The number of rotatable bonds is 4. The molecule has 100 valence electrons. The van der Waals surface area contributed by atoms with Crippen LogP contribution in [-0.4, -0.2) is 27.2 Å². The van der Waals surface area contributed by atoms with Crippen molar-refractivity contribution in [3.63, 3.8) is 0 Å². The lowest BCUT2D eigenvalue weighted by Gasteiger charge is -2.20. The van der Waals surface area contributed by atoms with Crippen LogP contribution in [0.3, 0.4) is 0 Å². The van der Waals surface area contributed by atoms with Gasteiger partial charge in [0, 0.05) is 12.6 Å². The van der Waals surface area contributed by atoms with Crippen LogP contribution in [0.15, 0.2) is 29.2 Å². The maximum atomic E-state index is 12.2. The first-order valence-electron chi connectivity index (χ1n) is 5.89. The van der Waals surface area contributed by atoms with E-state index in [0.717, 1.165) is 12.8 Å². The quantitative estimate of drug-likeness (QED) is 0.924. The van der Waals surface area contributed by atoms with E-state index < -0.39 is 10.0 Å². The summed E-state index contributed by atoms with van der Waals surface area (Å²) in [4.78, 5) is 0.108. The van der Waals surface area contributed by atoms with Crippen LogP contribution in [0.25, 0.3) is 0 Å². The van der Waals surface area contributed by atoms with Crippen molar-refractivity contribution in [1.82, 2.24) is 4.72 Å². The van der Waals surface area contributed by atoms with Crippen LogP contribution in [0.1, 0.15) is 19.8 Å². The number of halogens is 1. The van der Waals surface area contributed by atoms with Gasteiger partial charge in [0.25, 0.3) is 0 Å². The molecular formula is C12H16ClNO3S. The number of sulfonamides is 1. The largest absolute Gasteiger partial charge is 0.377 e. The normalized spacial score (nSPS) is 22.0. The molecule has 1 heterocycles. The molecule has 1 aliphatic heterocycles. The summed E-state index contributed by atoms with van der Waals surface area (Å²) in [7, 11) is -3.59. The van der Waals surface area contributed by atoms with Crippen molar-refractivity contribution in [3.05, 3.63) is 29.3 Å². The lowest BCUT2D eigenvalue weighted by molar-refractivity contribution is 0.0902. The van der Waals surface area contributed by atoms with Crippen LogP contribution in [-0.2, 0) is 14.8 Å². The van der Waals surface area contributed by atoms with Gasteiger partial charge >= 0.3 is 0 Å². The third-order valence-corrected chi connectivity index (χ3v) is 5.05. The van der Waals surface area contributed by atoms with Crippen LogP contribution in [0.2, 0.25) is 5.02 Å². The maximum absolute atomic E-state index is 12.2. The highest BCUT2D eigenvalue weighted by molar-refractivity contribution is 7.89. The van der Waals surface area contributed by atoms with Crippen LogP contribution < -0.4 is 4.72 Å². The molecule has 0 aliphatic carbocycles. The zero-order valence-electron chi connectivity index (χ0n) is 10.1. The molecular weight excluding hydrogens is 274 g/mol. The summed E-state index contributed by atoms with van der Waals surface area (Å²) in [5.74, 6) is 0. The van der Waals surface area contributed by atoms with Gasteiger partial charge in [0.15, 0.2) is 0 Å². The van der Waals surface area contributed by atoms with Gasteiger partial charge in [0.05, 0.1) is 11.1 Å². The van der Waals surface area contributed by atoms with Crippen LogP contribution >= 0.6 is 11.6 Å². The maximum Gasteiger partial charge on any atom is 0.242 e. The molecule has 0 spiro atoms. The molecule has 6 heteroatoms. The fourth-order valence-corrected chi connectivity index (χ4v) is 3.83. The molecule has 1 aromatic rings. The minimum atomic E-state index is -3.59. The van der Waals surface area contributed by atoms with E-state index in [-0.39, 0.29) is 22.1 Å². The van der Waals surface area contributed by atoms with Gasteiger partial charge in [-0.15, -0.1) is 0 Å². The predicted octanol–water partition coefficient (Wildman–Crippen LogP) is 2.19. The first-order valence-corrected chi connectivity index (χ1v) is 7.75. The molecule has 1 aliphatic rings. The second-order valence-electron chi connectivity index (χ2n) is 4.39. The van der Waals surface area contributed by atoms with E-state index in [1.54, 1.807) is 18.2 Å². The van der Waals surface area contributed by atoms with Crippen LogP contribution in [0.4, 0.5) is 0 Å². The highest BCUT2D eigenvalue weighted by Gasteiger charge is 2.27. The van der Waals surface area contributed by atoms with Gasteiger partial charge in [-0.1, -0.05) is 23.7 Å². The summed E-state index contributed by atoms with van der Waals surface area (Å²) in [6.45, 7) is 2.51. The van der Waals surface area contributed by atoms with Crippen molar-refractivity contribution in [2.45, 2.75) is 36.8 Å². The highest BCUT2D eigenvalue weighted by atomic mass is 35.5. The molecule has 0 amide bonds. The number of ether oxygens (including phenoxy) is 1. The molecule has 1 fully saturated rings. The zero-order chi connectivity index (χ0) is 13.2. The van der Waals surface area contributed by atoms with Crippen molar-refractivity contribution < 1.29 is 13.2 Å². The summed E-state index contributed by atoms with van der Waals surface area (Å²) in [5, 5.41) is 0.226. The SMILES string of the molecule is C[C@@H](NS(=O)(=O)c1ccccc1Cl)[C@@H]1CCCO1. The van der Waals surface area contributed by atoms with Gasteiger partial charge in [-0.3, -0.25) is 0 Å². The average Bonchev–Trinajstić information content (AvgIpc) is 2.82. The lowest BCUT2D eigenvalue weighted by atomic mass is 10.1. The van der Waals surface area contributed by atoms with Crippen LogP contribution in [0.5, 0.6) is 0 Å². The fraction of sp³-hybridized carbons (Fsp3) is 0.500. The van der Waals surface area contributed by atoms with E-state index in [1.165, 1.54) is 6.07 Å². The van der Waals surface area contributed by atoms with E-state index >= 15 is 0 Å². The predicted molar refractivity (Wildman–Crippen MR) is 70.2 cm³/mol. The Morgan fingerprint density at radius 3 is 2.78 bits per heavy atom. The lowest BCUT2D eigenvalue weighted by Crippen LogP contribution is -2.40. The molecule has 0 aromatic heterocycles. The third-order valence-electron chi connectivity index (χ3n) is 2.99. The molecule has 0 saturated carbocycles. The van der Waals surface area contributed by atoms with Crippen molar-refractivity contribution in [2.75, 3.05) is 6.61 Å². The Balaban J connectivity index is 2.14. The molecule has 1 saturated heterocycles. The number of benzene rings is 1. The Kier molecular flexibility index (Phi) is 4.27. The molecule has 0 radical (unpaired) electrons. The number of hydrogen-bond acceptors (Lipinski definition) is 3. The monoisotopic (exact) mass is 289 g/mol. The zero-order valence-corrected chi connectivity index (χ0v) is 11.7. The van der Waals surface area contributed by atoms with Gasteiger partial charge in [-0.2, -0.15) is 0 Å². The fourth-order valence-electron chi connectivity index (χ4n) is 2.04. The van der Waals surface area contributed by atoms with Crippen molar-refractivity contribution >= 4 is 21.6 Å². The second-order valence-corrected chi connectivity index (χ2v) is 6.48. The molecule has 2 rings (SSSR count). The average molecular weight is 290 g/mol. The molecule has 18 heavy (non-hydrogen) atoms. The summed E-state index contributed by atoms with van der Waals surface area (Å²) in [6, 6.07) is 6.15. The molecule has 0 bridgehead atoms. The molecule has 0 unspecified atom stereocenters. The molecule has 1 N–H and O–H groups in total. The summed E-state index contributed by atoms with van der Waals surface area (Å²) < 4.78 is 32.4. The van der Waals surface area contributed by atoms with E-state index in [1.807, 2.05) is 6.92 Å². The summed E-state index contributed by atoms with van der Waals surface area (Å²) in [5.41, 5.74) is 0. The molecule has 2 atom stereocenters. The Bertz CT molecular complexity index is 512. The second kappa shape index (κ2) is 5.57. The Morgan fingerprint density at radius 1 is 1.44 bits per heavy atom. The third kappa shape index (κ3) is 3.03. The summed E-state index contributed by atoms with van der Waals surface area (Å²) >= 11 is 5.90. The summed E-state index contributed by atoms with van der Waals surface area (Å²) in [6.07, 6.45) is 1.80. The van der Waals surface area contributed by atoms with Crippen molar-refractivity contribution in [3.8, 4) is 0 Å². The van der Waals surface area contributed by atoms with Crippen molar-refractivity contribution in [1.29, 1.82) is 0 Å². The topological polar surface area (TPSA) is 55.4 Å². The first-order chi connectivity index (χ1) is 8.50. The van der Waals surface area contributed by atoms with Crippen LogP contribution in [0, 0.1) is 0 Å².